The molecule has 0 bridgehead atoms. The van der Waals surface area contributed by atoms with Crippen LogP contribution in [-0.2, 0) is 6.54 Å². The zero-order valence-electron chi connectivity index (χ0n) is 13.3. The highest BCUT2D eigenvalue weighted by atomic mass is 15.1. The fourth-order valence-electron chi connectivity index (χ4n) is 3.35. The Bertz CT molecular complexity index is 825. The Hall–Kier alpha value is -2.69. The van der Waals surface area contributed by atoms with Crippen LogP contribution >= 0.6 is 0 Å². The lowest BCUT2D eigenvalue weighted by Gasteiger charge is -2.21. The van der Waals surface area contributed by atoms with E-state index in [-0.39, 0.29) is 5.92 Å². The van der Waals surface area contributed by atoms with Gasteiger partial charge in [-0.15, -0.1) is 0 Å². The Morgan fingerprint density at radius 3 is 2.96 bits per heavy atom. The number of pyridine rings is 2. The summed E-state index contributed by atoms with van der Waals surface area (Å²) >= 11 is 0. The van der Waals surface area contributed by atoms with Crippen molar-refractivity contribution >= 4 is 5.69 Å². The smallest absolute Gasteiger partial charge is 0.0738 e. The fraction of sp³-hybridized carbons (Fsp3) is 0.278. The van der Waals surface area contributed by atoms with Crippen LogP contribution in [0.2, 0.25) is 0 Å². The van der Waals surface area contributed by atoms with Crippen molar-refractivity contribution in [2.45, 2.75) is 25.8 Å². The van der Waals surface area contributed by atoms with Gasteiger partial charge in [0.2, 0.25) is 0 Å². The van der Waals surface area contributed by atoms with Gasteiger partial charge in [-0.25, -0.2) is 4.98 Å². The van der Waals surface area contributed by atoms with Gasteiger partial charge in [-0.2, -0.15) is 5.10 Å². The first-order chi connectivity index (χ1) is 11.3. The zero-order chi connectivity index (χ0) is 15.8. The van der Waals surface area contributed by atoms with Gasteiger partial charge in [-0.05, 0) is 30.2 Å². The van der Waals surface area contributed by atoms with E-state index >= 15 is 0 Å². The fourth-order valence-corrected chi connectivity index (χ4v) is 3.35. The SMILES string of the molecule is CCC1c2ncccc2CN(C)c2ccc(-c3cn[nH]c3)nc21. The van der Waals surface area contributed by atoms with Crippen molar-refractivity contribution in [3.05, 3.63) is 59.8 Å². The summed E-state index contributed by atoms with van der Waals surface area (Å²) < 4.78 is 0. The van der Waals surface area contributed by atoms with E-state index in [1.54, 1.807) is 0 Å². The molecule has 0 amide bonds. The van der Waals surface area contributed by atoms with E-state index < -0.39 is 0 Å². The Morgan fingerprint density at radius 1 is 1.26 bits per heavy atom. The van der Waals surface area contributed by atoms with Gasteiger partial charge in [0.05, 0.1) is 29.0 Å². The van der Waals surface area contributed by atoms with Crippen molar-refractivity contribution in [2.75, 3.05) is 11.9 Å². The number of hydrogen-bond acceptors (Lipinski definition) is 4. The van der Waals surface area contributed by atoms with Gasteiger partial charge >= 0.3 is 0 Å². The molecule has 1 N–H and O–H groups in total. The van der Waals surface area contributed by atoms with Crippen molar-refractivity contribution in [3.63, 3.8) is 0 Å². The Kier molecular flexibility index (Phi) is 3.33. The molecule has 0 aliphatic carbocycles. The first-order valence-electron chi connectivity index (χ1n) is 7.93. The maximum absolute atomic E-state index is 4.98. The quantitative estimate of drug-likeness (QED) is 0.788. The minimum Gasteiger partial charge on any atom is -0.369 e. The molecule has 0 radical (unpaired) electrons. The summed E-state index contributed by atoms with van der Waals surface area (Å²) in [6, 6.07) is 8.42. The third kappa shape index (κ3) is 2.29. The zero-order valence-corrected chi connectivity index (χ0v) is 13.3. The molecule has 5 nitrogen and oxygen atoms in total. The average molecular weight is 305 g/mol. The van der Waals surface area contributed by atoms with E-state index in [9.17, 15) is 0 Å². The van der Waals surface area contributed by atoms with Crippen LogP contribution in [0.15, 0.2) is 42.9 Å². The van der Waals surface area contributed by atoms with Crippen LogP contribution in [0.1, 0.15) is 36.2 Å². The summed E-state index contributed by atoms with van der Waals surface area (Å²) in [5, 5.41) is 6.89. The summed E-state index contributed by atoms with van der Waals surface area (Å²) in [6.45, 7) is 3.06. The second-order valence-electron chi connectivity index (χ2n) is 5.95. The number of rotatable bonds is 2. The molecule has 116 valence electrons. The number of aromatic amines is 1. The van der Waals surface area contributed by atoms with Crippen molar-refractivity contribution in [3.8, 4) is 11.3 Å². The number of H-pyrrole nitrogens is 1. The molecule has 1 aliphatic heterocycles. The second kappa shape index (κ2) is 5.50. The van der Waals surface area contributed by atoms with E-state index in [0.717, 1.165) is 35.6 Å². The summed E-state index contributed by atoms with van der Waals surface area (Å²) in [7, 11) is 2.12. The van der Waals surface area contributed by atoms with Crippen LogP contribution in [-0.4, -0.2) is 27.2 Å². The Labute approximate surface area is 135 Å². The van der Waals surface area contributed by atoms with E-state index in [2.05, 4.69) is 52.3 Å². The molecule has 0 spiro atoms. The minimum atomic E-state index is 0.220. The molecule has 5 heteroatoms. The van der Waals surface area contributed by atoms with Gasteiger partial charge in [0.1, 0.15) is 0 Å². The summed E-state index contributed by atoms with van der Waals surface area (Å²) in [5.41, 5.74) is 6.68. The monoisotopic (exact) mass is 305 g/mol. The summed E-state index contributed by atoms with van der Waals surface area (Å²) in [5.74, 6) is 0.220. The molecule has 3 aromatic rings. The van der Waals surface area contributed by atoms with Gasteiger partial charge in [0, 0.05) is 37.5 Å². The van der Waals surface area contributed by atoms with E-state index in [0.29, 0.717) is 0 Å². The van der Waals surface area contributed by atoms with Crippen molar-refractivity contribution < 1.29 is 0 Å². The topological polar surface area (TPSA) is 57.7 Å². The maximum Gasteiger partial charge on any atom is 0.0738 e. The van der Waals surface area contributed by atoms with Crippen molar-refractivity contribution in [1.82, 2.24) is 20.2 Å². The maximum atomic E-state index is 4.98. The second-order valence-corrected chi connectivity index (χ2v) is 5.95. The minimum absolute atomic E-state index is 0.220. The number of hydrogen-bond donors (Lipinski definition) is 1. The first-order valence-corrected chi connectivity index (χ1v) is 7.93. The third-order valence-electron chi connectivity index (χ3n) is 4.51. The van der Waals surface area contributed by atoms with Crippen LogP contribution in [0.4, 0.5) is 5.69 Å². The number of nitrogens with zero attached hydrogens (tertiary/aromatic N) is 4. The summed E-state index contributed by atoms with van der Waals surface area (Å²) in [6.07, 6.45) is 6.55. The Morgan fingerprint density at radius 2 is 2.17 bits per heavy atom. The van der Waals surface area contributed by atoms with Crippen LogP contribution in [0.5, 0.6) is 0 Å². The van der Waals surface area contributed by atoms with Crippen LogP contribution < -0.4 is 4.90 Å². The van der Waals surface area contributed by atoms with E-state index in [1.807, 2.05) is 24.7 Å². The summed E-state index contributed by atoms with van der Waals surface area (Å²) in [4.78, 5) is 11.9. The largest absolute Gasteiger partial charge is 0.369 e. The van der Waals surface area contributed by atoms with Crippen molar-refractivity contribution in [2.24, 2.45) is 0 Å². The van der Waals surface area contributed by atoms with Gasteiger partial charge in [-0.1, -0.05) is 13.0 Å². The molecule has 0 saturated carbocycles. The first kappa shape index (κ1) is 13.9. The Balaban J connectivity index is 1.91. The molecule has 1 aliphatic rings. The highest BCUT2D eigenvalue weighted by molar-refractivity contribution is 5.64. The number of fused-ring (bicyclic) bond motifs is 2. The van der Waals surface area contributed by atoms with Gasteiger partial charge in [0.15, 0.2) is 0 Å². The van der Waals surface area contributed by atoms with Gasteiger partial charge in [0.25, 0.3) is 0 Å². The van der Waals surface area contributed by atoms with Crippen LogP contribution in [0.25, 0.3) is 11.3 Å². The van der Waals surface area contributed by atoms with Crippen LogP contribution in [0, 0.1) is 0 Å². The molecular formula is C18H19N5. The predicted octanol–water partition coefficient (Wildman–Crippen LogP) is 3.36. The van der Waals surface area contributed by atoms with Gasteiger partial charge in [-0.3, -0.25) is 10.1 Å². The van der Waals surface area contributed by atoms with E-state index in [4.69, 9.17) is 4.98 Å². The van der Waals surface area contributed by atoms with E-state index in [1.165, 1.54) is 11.3 Å². The molecule has 4 rings (SSSR count). The number of anilines is 1. The number of nitrogens with one attached hydrogen (secondary N) is 1. The number of aromatic nitrogens is 4. The van der Waals surface area contributed by atoms with Crippen LogP contribution in [0.3, 0.4) is 0 Å². The lowest BCUT2D eigenvalue weighted by atomic mass is 9.93. The normalized spacial score (nSPS) is 16.6. The highest BCUT2D eigenvalue weighted by Gasteiger charge is 2.27. The molecule has 1 atom stereocenters. The highest BCUT2D eigenvalue weighted by Crippen LogP contribution is 2.38. The molecule has 4 heterocycles. The molecule has 1 unspecified atom stereocenters. The van der Waals surface area contributed by atoms with Crippen molar-refractivity contribution in [1.29, 1.82) is 0 Å². The lowest BCUT2D eigenvalue weighted by Crippen LogP contribution is -2.16. The molecular weight excluding hydrogens is 286 g/mol. The standard InChI is InChI=1S/C18H19N5/c1-3-14-17-12(5-4-8-19-17)11-23(2)16-7-6-15(22-18(14)16)13-9-20-21-10-13/h4-10,14H,3,11H2,1-2H3,(H,20,21). The molecule has 23 heavy (non-hydrogen) atoms. The average Bonchev–Trinajstić information content (AvgIpc) is 3.08. The molecule has 0 fully saturated rings. The molecule has 3 aromatic heterocycles. The molecule has 0 saturated heterocycles. The third-order valence-corrected chi connectivity index (χ3v) is 4.51. The molecule has 0 aromatic carbocycles. The lowest BCUT2D eigenvalue weighted by molar-refractivity contribution is 0.726. The predicted molar refractivity (Wildman–Crippen MR) is 90.3 cm³/mol. The van der Waals surface area contributed by atoms with Gasteiger partial charge < -0.3 is 4.90 Å².